The molecule has 1 aromatic rings. The van der Waals surface area contributed by atoms with Crippen molar-refractivity contribution in [2.75, 3.05) is 5.33 Å². The molecule has 2 rings (SSSR count). The van der Waals surface area contributed by atoms with E-state index in [1.54, 1.807) is 4.68 Å². The summed E-state index contributed by atoms with van der Waals surface area (Å²) in [6.07, 6.45) is 4.35. The molecule has 1 fully saturated rings. The SMILES string of the molecule is CCc1cc(C(=O)NC2CCCC2CBr)n(CC)n1. The smallest absolute Gasteiger partial charge is 0.269 e. The first-order chi connectivity index (χ1) is 9.19. The van der Waals surface area contributed by atoms with E-state index in [0.717, 1.165) is 30.4 Å². The zero-order valence-corrected chi connectivity index (χ0v) is 13.2. The lowest BCUT2D eigenvalue weighted by Crippen LogP contribution is -2.38. The van der Waals surface area contributed by atoms with Gasteiger partial charge in [-0.15, -0.1) is 0 Å². The molecule has 19 heavy (non-hydrogen) atoms. The predicted octanol–water partition coefficient (Wildman–Crippen LogP) is 2.76. The molecule has 1 N–H and O–H groups in total. The molecule has 1 aliphatic rings. The Bertz CT molecular complexity index is 444. The van der Waals surface area contributed by atoms with Gasteiger partial charge in [0.1, 0.15) is 5.69 Å². The summed E-state index contributed by atoms with van der Waals surface area (Å²) in [5.74, 6) is 0.583. The Hall–Kier alpha value is -0.840. The van der Waals surface area contributed by atoms with Crippen molar-refractivity contribution < 1.29 is 4.79 Å². The second-order valence-electron chi connectivity index (χ2n) is 5.12. The Balaban J connectivity index is 2.09. The largest absolute Gasteiger partial charge is 0.348 e. The highest BCUT2D eigenvalue weighted by molar-refractivity contribution is 9.09. The standard InChI is InChI=1S/C14H22BrN3O/c1-3-11-8-13(18(4-2)17-11)14(19)16-12-7-5-6-10(12)9-15/h8,10,12H,3-7,9H2,1-2H3,(H,16,19). The van der Waals surface area contributed by atoms with E-state index in [1.165, 1.54) is 12.8 Å². The van der Waals surface area contributed by atoms with E-state index in [9.17, 15) is 4.79 Å². The van der Waals surface area contributed by atoms with E-state index in [-0.39, 0.29) is 5.91 Å². The van der Waals surface area contributed by atoms with Crippen LogP contribution in [0.25, 0.3) is 0 Å². The highest BCUT2D eigenvalue weighted by Gasteiger charge is 2.28. The molecule has 106 valence electrons. The number of nitrogens with one attached hydrogen (secondary N) is 1. The first kappa shape index (κ1) is 14.6. The van der Waals surface area contributed by atoms with Crippen LogP contribution >= 0.6 is 15.9 Å². The van der Waals surface area contributed by atoms with E-state index in [0.29, 0.717) is 17.7 Å². The zero-order valence-electron chi connectivity index (χ0n) is 11.7. The Kier molecular flexibility index (Phi) is 5.02. The molecule has 1 amide bonds. The monoisotopic (exact) mass is 327 g/mol. The molecule has 0 bridgehead atoms. The van der Waals surface area contributed by atoms with Gasteiger partial charge < -0.3 is 5.32 Å². The fourth-order valence-corrected chi connectivity index (χ4v) is 3.50. The molecule has 0 spiro atoms. The predicted molar refractivity (Wildman–Crippen MR) is 79.7 cm³/mol. The van der Waals surface area contributed by atoms with Crippen LogP contribution in [0.1, 0.15) is 49.3 Å². The number of rotatable bonds is 5. The molecule has 1 aromatic heterocycles. The fourth-order valence-electron chi connectivity index (χ4n) is 2.72. The molecule has 5 heteroatoms. The van der Waals surface area contributed by atoms with Crippen LogP contribution in [0.3, 0.4) is 0 Å². The van der Waals surface area contributed by atoms with Crippen molar-refractivity contribution in [2.24, 2.45) is 5.92 Å². The normalized spacial score (nSPS) is 22.7. The van der Waals surface area contributed by atoms with Crippen LogP contribution in [0.2, 0.25) is 0 Å². The van der Waals surface area contributed by atoms with Crippen LogP contribution in [-0.4, -0.2) is 27.1 Å². The van der Waals surface area contributed by atoms with Crippen molar-refractivity contribution in [1.82, 2.24) is 15.1 Å². The van der Waals surface area contributed by atoms with Crippen LogP contribution in [0, 0.1) is 5.92 Å². The summed E-state index contributed by atoms with van der Waals surface area (Å²) in [6, 6.07) is 2.22. The van der Waals surface area contributed by atoms with Crippen LogP contribution in [-0.2, 0) is 13.0 Å². The minimum Gasteiger partial charge on any atom is -0.348 e. The van der Waals surface area contributed by atoms with Crippen molar-refractivity contribution in [3.05, 3.63) is 17.5 Å². The molecule has 2 unspecified atom stereocenters. The van der Waals surface area contributed by atoms with Crippen LogP contribution in [0.15, 0.2) is 6.07 Å². The van der Waals surface area contributed by atoms with Crippen molar-refractivity contribution in [3.8, 4) is 0 Å². The molecule has 2 atom stereocenters. The van der Waals surface area contributed by atoms with Gasteiger partial charge in [-0.1, -0.05) is 29.3 Å². The Morgan fingerprint density at radius 1 is 1.53 bits per heavy atom. The minimum atomic E-state index is 0.0203. The Labute approximate surface area is 123 Å². The fraction of sp³-hybridized carbons (Fsp3) is 0.714. The van der Waals surface area contributed by atoms with Crippen LogP contribution < -0.4 is 5.32 Å². The zero-order chi connectivity index (χ0) is 13.8. The number of halogens is 1. The Morgan fingerprint density at radius 2 is 2.32 bits per heavy atom. The summed E-state index contributed by atoms with van der Waals surface area (Å²) in [7, 11) is 0. The molecule has 0 saturated heterocycles. The Morgan fingerprint density at radius 3 is 2.95 bits per heavy atom. The number of hydrogen-bond acceptors (Lipinski definition) is 2. The summed E-state index contributed by atoms with van der Waals surface area (Å²) in [5, 5.41) is 8.57. The number of nitrogens with zero attached hydrogens (tertiary/aromatic N) is 2. The van der Waals surface area contributed by atoms with Crippen molar-refractivity contribution in [2.45, 2.75) is 52.1 Å². The topological polar surface area (TPSA) is 46.9 Å². The maximum Gasteiger partial charge on any atom is 0.269 e. The van der Waals surface area contributed by atoms with Gasteiger partial charge in [-0.3, -0.25) is 9.48 Å². The molecule has 0 aliphatic heterocycles. The van der Waals surface area contributed by atoms with E-state index in [2.05, 4.69) is 33.3 Å². The van der Waals surface area contributed by atoms with E-state index >= 15 is 0 Å². The van der Waals surface area contributed by atoms with Gasteiger partial charge in [0.15, 0.2) is 0 Å². The highest BCUT2D eigenvalue weighted by Crippen LogP contribution is 2.27. The summed E-state index contributed by atoms with van der Waals surface area (Å²) in [6.45, 7) is 4.80. The lowest BCUT2D eigenvalue weighted by molar-refractivity contribution is 0.0919. The molecule has 4 nitrogen and oxygen atoms in total. The maximum absolute atomic E-state index is 12.4. The van der Waals surface area contributed by atoms with Gasteiger partial charge in [0.25, 0.3) is 5.91 Å². The summed E-state index contributed by atoms with van der Waals surface area (Å²) < 4.78 is 1.80. The number of hydrogen-bond donors (Lipinski definition) is 1. The lowest BCUT2D eigenvalue weighted by Gasteiger charge is -2.19. The van der Waals surface area contributed by atoms with Crippen molar-refractivity contribution >= 4 is 21.8 Å². The third kappa shape index (κ3) is 3.19. The molecular formula is C14H22BrN3O. The van der Waals surface area contributed by atoms with Gasteiger partial charge in [-0.05, 0) is 38.2 Å². The molecule has 0 aromatic carbocycles. The van der Waals surface area contributed by atoms with Crippen LogP contribution in [0.4, 0.5) is 0 Å². The number of amides is 1. The third-order valence-corrected chi connectivity index (χ3v) is 4.73. The number of aryl methyl sites for hydroxylation is 2. The molecule has 0 radical (unpaired) electrons. The van der Waals surface area contributed by atoms with Crippen molar-refractivity contribution in [3.63, 3.8) is 0 Å². The molecule has 1 aliphatic carbocycles. The van der Waals surface area contributed by atoms with Gasteiger partial charge in [0, 0.05) is 17.9 Å². The van der Waals surface area contributed by atoms with Crippen molar-refractivity contribution in [1.29, 1.82) is 0 Å². The number of alkyl halides is 1. The number of carbonyl (C=O) groups is 1. The second kappa shape index (κ2) is 6.55. The van der Waals surface area contributed by atoms with Crippen LogP contribution in [0.5, 0.6) is 0 Å². The van der Waals surface area contributed by atoms with E-state index in [1.807, 2.05) is 13.0 Å². The minimum absolute atomic E-state index is 0.0203. The van der Waals surface area contributed by atoms with Gasteiger partial charge in [0.2, 0.25) is 0 Å². The lowest BCUT2D eigenvalue weighted by atomic mass is 10.1. The molecule has 1 heterocycles. The highest BCUT2D eigenvalue weighted by atomic mass is 79.9. The second-order valence-corrected chi connectivity index (χ2v) is 5.76. The van der Waals surface area contributed by atoms with Gasteiger partial charge in [-0.2, -0.15) is 5.10 Å². The summed E-state index contributed by atoms with van der Waals surface area (Å²) >= 11 is 3.54. The average Bonchev–Trinajstić information content (AvgIpc) is 3.03. The van der Waals surface area contributed by atoms with Gasteiger partial charge >= 0.3 is 0 Å². The van der Waals surface area contributed by atoms with Gasteiger partial charge in [-0.25, -0.2) is 0 Å². The maximum atomic E-state index is 12.4. The average molecular weight is 328 g/mol. The number of aromatic nitrogens is 2. The van der Waals surface area contributed by atoms with E-state index in [4.69, 9.17) is 0 Å². The number of carbonyl (C=O) groups excluding carboxylic acids is 1. The third-order valence-electron chi connectivity index (χ3n) is 3.90. The summed E-state index contributed by atoms with van der Waals surface area (Å²) in [4.78, 5) is 12.4. The summed E-state index contributed by atoms with van der Waals surface area (Å²) in [5.41, 5.74) is 1.68. The first-order valence-corrected chi connectivity index (χ1v) is 8.25. The molecule has 1 saturated carbocycles. The van der Waals surface area contributed by atoms with E-state index < -0.39 is 0 Å². The van der Waals surface area contributed by atoms with Gasteiger partial charge in [0.05, 0.1) is 5.69 Å². The quantitative estimate of drug-likeness (QED) is 0.845. The first-order valence-electron chi connectivity index (χ1n) is 7.13. The molecular weight excluding hydrogens is 306 g/mol.